The van der Waals surface area contributed by atoms with E-state index in [0.717, 1.165) is 38.9 Å². The molecule has 0 aliphatic carbocycles. The van der Waals surface area contributed by atoms with E-state index in [2.05, 4.69) is 19.2 Å². The number of nitrogens with zero attached hydrogens (tertiary/aromatic N) is 1. The van der Waals surface area contributed by atoms with Gasteiger partial charge in [0.25, 0.3) is 5.91 Å². The van der Waals surface area contributed by atoms with Gasteiger partial charge < -0.3 is 15.0 Å². The van der Waals surface area contributed by atoms with E-state index in [1.807, 2.05) is 4.90 Å². The lowest BCUT2D eigenvalue weighted by molar-refractivity contribution is -0.144. The molecule has 2 heterocycles. The molecule has 2 fully saturated rings. The molecule has 0 bridgehead atoms. The summed E-state index contributed by atoms with van der Waals surface area (Å²) >= 11 is 0. The molecule has 0 aromatic heterocycles. The van der Waals surface area contributed by atoms with E-state index in [-0.39, 0.29) is 12.0 Å². The molecule has 98 valence electrons. The van der Waals surface area contributed by atoms with Gasteiger partial charge in [-0.2, -0.15) is 0 Å². The number of rotatable bonds is 3. The average molecular weight is 240 g/mol. The zero-order valence-corrected chi connectivity index (χ0v) is 11.0. The molecule has 0 radical (unpaired) electrons. The maximum Gasteiger partial charge on any atom is 0.253 e. The second-order valence-electron chi connectivity index (χ2n) is 5.28. The van der Waals surface area contributed by atoms with Gasteiger partial charge in [0.2, 0.25) is 0 Å². The number of likely N-dealkylation sites (tertiary alicyclic amines) is 1. The van der Waals surface area contributed by atoms with Gasteiger partial charge in [0.15, 0.2) is 0 Å². The van der Waals surface area contributed by atoms with Crippen LogP contribution in [0.5, 0.6) is 0 Å². The Labute approximate surface area is 104 Å². The molecule has 0 aromatic carbocycles. The summed E-state index contributed by atoms with van der Waals surface area (Å²) in [7, 11) is 0. The molecule has 0 spiro atoms. The fraction of sp³-hybridized carbons (Fsp3) is 0.923. The molecule has 2 aliphatic rings. The van der Waals surface area contributed by atoms with Gasteiger partial charge in [0.05, 0.1) is 6.61 Å². The molecule has 1 unspecified atom stereocenters. The van der Waals surface area contributed by atoms with Crippen molar-refractivity contribution in [3.05, 3.63) is 0 Å². The molecular formula is C13H24N2O2. The number of amides is 1. The Kier molecular flexibility index (Phi) is 4.05. The molecule has 2 saturated heterocycles. The first-order valence-electron chi connectivity index (χ1n) is 6.82. The first kappa shape index (κ1) is 12.8. The van der Waals surface area contributed by atoms with Gasteiger partial charge >= 0.3 is 0 Å². The smallest absolute Gasteiger partial charge is 0.253 e. The van der Waals surface area contributed by atoms with Crippen LogP contribution < -0.4 is 5.32 Å². The number of ether oxygens (including phenoxy) is 1. The van der Waals surface area contributed by atoms with Crippen molar-refractivity contribution in [1.82, 2.24) is 10.2 Å². The highest BCUT2D eigenvalue weighted by atomic mass is 16.5. The summed E-state index contributed by atoms with van der Waals surface area (Å²) in [5.74, 6) is 0.181. The predicted octanol–water partition coefficient (Wildman–Crippen LogP) is 1.01. The van der Waals surface area contributed by atoms with Gasteiger partial charge in [-0.15, -0.1) is 0 Å². The molecule has 1 N–H and O–H groups in total. The zero-order valence-electron chi connectivity index (χ0n) is 11.0. The van der Waals surface area contributed by atoms with Crippen LogP contribution in [0.15, 0.2) is 0 Å². The Bertz CT molecular complexity index is 271. The third kappa shape index (κ3) is 2.63. The summed E-state index contributed by atoms with van der Waals surface area (Å²) < 4.78 is 5.53. The highest BCUT2D eigenvalue weighted by molar-refractivity contribution is 5.81. The number of carbonyl (C=O) groups excluding carboxylic acids is 1. The van der Waals surface area contributed by atoms with Gasteiger partial charge in [-0.25, -0.2) is 0 Å². The fourth-order valence-corrected chi connectivity index (χ4v) is 2.88. The monoisotopic (exact) mass is 240 g/mol. The Morgan fingerprint density at radius 2 is 2.24 bits per heavy atom. The number of morpholine rings is 1. The van der Waals surface area contributed by atoms with Gasteiger partial charge in [0, 0.05) is 26.2 Å². The minimum atomic E-state index is -0.256. The molecule has 0 saturated carbocycles. The average Bonchev–Trinajstić information content (AvgIpc) is 2.84. The Morgan fingerprint density at radius 1 is 1.47 bits per heavy atom. The third-order valence-electron chi connectivity index (χ3n) is 4.45. The van der Waals surface area contributed by atoms with Crippen molar-refractivity contribution in [2.75, 3.05) is 32.8 Å². The molecular weight excluding hydrogens is 216 g/mol. The zero-order chi connectivity index (χ0) is 12.3. The van der Waals surface area contributed by atoms with Crippen molar-refractivity contribution in [1.29, 1.82) is 0 Å². The van der Waals surface area contributed by atoms with E-state index >= 15 is 0 Å². The van der Waals surface area contributed by atoms with Crippen LogP contribution in [0.4, 0.5) is 0 Å². The minimum Gasteiger partial charge on any atom is -0.366 e. The number of nitrogens with one attached hydrogen (secondary N) is 1. The SMILES string of the molecule is CCC1(CC)CCN(C(=O)C2CNCCO2)C1. The lowest BCUT2D eigenvalue weighted by Gasteiger charge is -2.29. The van der Waals surface area contributed by atoms with Crippen molar-refractivity contribution < 1.29 is 9.53 Å². The quantitative estimate of drug-likeness (QED) is 0.800. The minimum absolute atomic E-state index is 0.181. The van der Waals surface area contributed by atoms with Crippen LogP contribution in [0.1, 0.15) is 33.1 Å². The molecule has 4 heteroatoms. The van der Waals surface area contributed by atoms with Gasteiger partial charge in [-0.05, 0) is 24.7 Å². The van der Waals surface area contributed by atoms with Crippen LogP contribution in [0.25, 0.3) is 0 Å². The number of carbonyl (C=O) groups is 1. The molecule has 1 amide bonds. The Morgan fingerprint density at radius 3 is 2.76 bits per heavy atom. The molecule has 2 aliphatic heterocycles. The van der Waals surface area contributed by atoms with Gasteiger partial charge in [0.1, 0.15) is 6.10 Å². The van der Waals surface area contributed by atoms with Crippen molar-refractivity contribution in [2.24, 2.45) is 5.41 Å². The van der Waals surface area contributed by atoms with Crippen LogP contribution in [0.3, 0.4) is 0 Å². The third-order valence-corrected chi connectivity index (χ3v) is 4.45. The Balaban J connectivity index is 1.93. The summed E-state index contributed by atoms with van der Waals surface area (Å²) in [5, 5.41) is 3.22. The fourth-order valence-electron chi connectivity index (χ4n) is 2.88. The van der Waals surface area contributed by atoms with Crippen LogP contribution in [0, 0.1) is 5.41 Å². The van der Waals surface area contributed by atoms with Crippen molar-refractivity contribution in [3.8, 4) is 0 Å². The van der Waals surface area contributed by atoms with Gasteiger partial charge in [-0.1, -0.05) is 13.8 Å². The maximum absolute atomic E-state index is 12.3. The van der Waals surface area contributed by atoms with Crippen LogP contribution >= 0.6 is 0 Å². The van der Waals surface area contributed by atoms with Crippen LogP contribution in [-0.4, -0.2) is 49.7 Å². The van der Waals surface area contributed by atoms with E-state index in [9.17, 15) is 4.79 Å². The number of hydrogen-bond acceptors (Lipinski definition) is 3. The van der Waals surface area contributed by atoms with Crippen LogP contribution in [0.2, 0.25) is 0 Å². The summed E-state index contributed by atoms with van der Waals surface area (Å²) in [4.78, 5) is 14.3. The molecule has 1 atom stereocenters. The topological polar surface area (TPSA) is 41.6 Å². The molecule has 0 aromatic rings. The summed E-state index contributed by atoms with van der Waals surface area (Å²) in [5.41, 5.74) is 0.359. The number of hydrogen-bond donors (Lipinski definition) is 1. The lowest BCUT2D eigenvalue weighted by atomic mass is 9.82. The molecule has 2 rings (SSSR count). The summed E-state index contributed by atoms with van der Waals surface area (Å²) in [6, 6.07) is 0. The lowest BCUT2D eigenvalue weighted by Crippen LogP contribution is -2.49. The largest absolute Gasteiger partial charge is 0.366 e. The van der Waals surface area contributed by atoms with E-state index in [0.29, 0.717) is 18.6 Å². The van der Waals surface area contributed by atoms with E-state index in [4.69, 9.17) is 4.74 Å². The van der Waals surface area contributed by atoms with Crippen LogP contribution in [-0.2, 0) is 9.53 Å². The second-order valence-corrected chi connectivity index (χ2v) is 5.28. The highest BCUT2D eigenvalue weighted by Crippen LogP contribution is 2.37. The van der Waals surface area contributed by atoms with Crippen molar-refractivity contribution in [2.45, 2.75) is 39.2 Å². The summed E-state index contributed by atoms with van der Waals surface area (Å²) in [6.07, 6.45) is 3.22. The standard InChI is InChI=1S/C13H24N2O2/c1-3-13(4-2)5-7-15(10-13)12(16)11-9-14-6-8-17-11/h11,14H,3-10H2,1-2H3. The Hall–Kier alpha value is -0.610. The second kappa shape index (κ2) is 5.36. The van der Waals surface area contributed by atoms with E-state index in [1.54, 1.807) is 0 Å². The molecule has 4 nitrogen and oxygen atoms in total. The highest BCUT2D eigenvalue weighted by Gasteiger charge is 2.39. The van der Waals surface area contributed by atoms with Crippen molar-refractivity contribution >= 4 is 5.91 Å². The first-order chi connectivity index (χ1) is 8.21. The maximum atomic E-state index is 12.3. The van der Waals surface area contributed by atoms with E-state index < -0.39 is 0 Å². The molecule has 17 heavy (non-hydrogen) atoms. The first-order valence-corrected chi connectivity index (χ1v) is 6.82. The van der Waals surface area contributed by atoms with Gasteiger partial charge in [-0.3, -0.25) is 4.79 Å². The van der Waals surface area contributed by atoms with Crippen molar-refractivity contribution in [3.63, 3.8) is 0 Å². The summed E-state index contributed by atoms with van der Waals surface area (Å²) in [6.45, 7) is 8.46. The van der Waals surface area contributed by atoms with E-state index in [1.165, 1.54) is 0 Å². The normalized spacial score (nSPS) is 28.4. The predicted molar refractivity (Wildman–Crippen MR) is 66.8 cm³/mol.